The first-order valence-corrected chi connectivity index (χ1v) is 7.88. The average Bonchev–Trinajstić information content (AvgIpc) is 3.17. The summed E-state index contributed by atoms with van der Waals surface area (Å²) in [5.74, 6) is -5.62. The van der Waals surface area contributed by atoms with Crippen LogP contribution in [0.5, 0.6) is 5.88 Å². The van der Waals surface area contributed by atoms with Gasteiger partial charge in [-0.1, -0.05) is 0 Å². The normalized spacial score (nSPS) is 13.3. The van der Waals surface area contributed by atoms with E-state index < -0.39 is 53.0 Å². The van der Waals surface area contributed by atoms with Gasteiger partial charge in [0.2, 0.25) is 11.7 Å². The maximum absolute atomic E-state index is 13.5. The van der Waals surface area contributed by atoms with Gasteiger partial charge in [0.15, 0.2) is 5.69 Å². The van der Waals surface area contributed by atoms with Crippen LogP contribution in [0, 0.1) is 0 Å². The fourth-order valence-electron chi connectivity index (χ4n) is 2.70. The molecule has 3 aromatic heterocycles. The molecule has 0 atom stereocenters. The Labute approximate surface area is 161 Å². The van der Waals surface area contributed by atoms with E-state index in [0.717, 1.165) is 15.2 Å². The maximum Gasteiger partial charge on any atom is 0.455 e. The molecule has 0 bridgehead atoms. The Balaban J connectivity index is 2.20. The summed E-state index contributed by atoms with van der Waals surface area (Å²) in [6.45, 7) is -1.98. The van der Waals surface area contributed by atoms with Crippen molar-refractivity contribution in [2.45, 2.75) is 24.8 Å². The number of imidazole rings is 1. The molecule has 0 unspecified atom stereocenters. The van der Waals surface area contributed by atoms with Crippen molar-refractivity contribution < 1.29 is 39.9 Å². The lowest BCUT2D eigenvalue weighted by molar-refractivity contribution is -0.287. The van der Waals surface area contributed by atoms with Crippen molar-refractivity contribution in [3.8, 4) is 17.0 Å². The number of hydrogen-bond donors (Lipinski definition) is 0. The van der Waals surface area contributed by atoms with Crippen LogP contribution in [-0.4, -0.2) is 42.9 Å². The molecule has 0 radical (unpaired) electrons. The summed E-state index contributed by atoms with van der Waals surface area (Å²) >= 11 is 0. The van der Waals surface area contributed by atoms with Gasteiger partial charge in [-0.15, -0.1) is 0 Å². The molecule has 15 heteroatoms. The third kappa shape index (κ3) is 3.47. The standard InChI is InChI=1S/C15H11F8N5O2/c1-26-8(30-2)5-28-11(29)9(10(14(18,19)20)25-12(26)28)7-3-24-27(4-7)6-13(16,17)15(21,22)23/h3-5H,6H2,1-2H3. The highest BCUT2D eigenvalue weighted by Crippen LogP contribution is 2.38. The summed E-state index contributed by atoms with van der Waals surface area (Å²) in [5, 5.41) is 3.24. The van der Waals surface area contributed by atoms with Crippen LogP contribution in [-0.2, 0) is 19.8 Å². The van der Waals surface area contributed by atoms with E-state index in [1.165, 1.54) is 14.2 Å². The molecule has 0 aliphatic heterocycles. The molecular weight excluding hydrogens is 434 g/mol. The summed E-state index contributed by atoms with van der Waals surface area (Å²) in [5.41, 5.74) is -4.59. The highest BCUT2D eigenvalue weighted by atomic mass is 19.4. The van der Waals surface area contributed by atoms with Gasteiger partial charge in [0, 0.05) is 18.8 Å². The van der Waals surface area contributed by atoms with Crippen LogP contribution >= 0.6 is 0 Å². The van der Waals surface area contributed by atoms with E-state index >= 15 is 0 Å². The minimum absolute atomic E-state index is 0.00890. The molecule has 0 saturated carbocycles. The monoisotopic (exact) mass is 445 g/mol. The molecule has 0 aliphatic carbocycles. The molecule has 30 heavy (non-hydrogen) atoms. The first kappa shape index (κ1) is 21.6. The predicted octanol–water partition coefficient (Wildman–Crippen LogP) is 3.12. The molecule has 3 heterocycles. The van der Waals surface area contributed by atoms with Crippen molar-refractivity contribution >= 4 is 5.78 Å². The smallest absolute Gasteiger partial charge is 0.455 e. The van der Waals surface area contributed by atoms with Crippen molar-refractivity contribution in [2.24, 2.45) is 7.05 Å². The zero-order chi connectivity index (χ0) is 22.6. The fraction of sp³-hybridized carbons (Fsp3) is 0.400. The second-order valence-corrected chi connectivity index (χ2v) is 6.17. The molecular formula is C15H11F8N5O2. The van der Waals surface area contributed by atoms with Crippen LogP contribution in [0.25, 0.3) is 16.9 Å². The van der Waals surface area contributed by atoms with Gasteiger partial charge in [0.1, 0.15) is 6.54 Å². The second kappa shape index (κ2) is 6.70. The minimum atomic E-state index is -5.89. The highest BCUT2D eigenvalue weighted by molar-refractivity contribution is 5.66. The van der Waals surface area contributed by atoms with E-state index in [4.69, 9.17) is 4.74 Å². The predicted molar refractivity (Wildman–Crippen MR) is 84.2 cm³/mol. The number of halogens is 8. The van der Waals surface area contributed by atoms with Gasteiger partial charge in [-0.3, -0.25) is 14.0 Å². The number of alkyl halides is 8. The molecule has 0 spiro atoms. The van der Waals surface area contributed by atoms with Crippen LogP contribution in [0.3, 0.4) is 0 Å². The summed E-state index contributed by atoms with van der Waals surface area (Å²) in [6.07, 6.45) is -8.92. The van der Waals surface area contributed by atoms with Gasteiger partial charge in [0.05, 0.1) is 25.1 Å². The van der Waals surface area contributed by atoms with Crippen molar-refractivity contribution in [1.29, 1.82) is 0 Å². The zero-order valence-corrected chi connectivity index (χ0v) is 15.0. The lowest BCUT2D eigenvalue weighted by atomic mass is 10.1. The van der Waals surface area contributed by atoms with Crippen LogP contribution in [0.1, 0.15) is 5.69 Å². The summed E-state index contributed by atoms with van der Waals surface area (Å²) in [6, 6.07) is 0. The molecule has 0 N–H and O–H groups in total. The zero-order valence-electron chi connectivity index (χ0n) is 15.0. The molecule has 0 fully saturated rings. The quantitative estimate of drug-likeness (QED) is 0.579. The second-order valence-electron chi connectivity index (χ2n) is 6.17. The Morgan fingerprint density at radius 1 is 1.07 bits per heavy atom. The Bertz CT molecular complexity index is 1150. The van der Waals surface area contributed by atoms with E-state index in [1.807, 2.05) is 0 Å². The van der Waals surface area contributed by atoms with Gasteiger partial charge in [-0.25, -0.2) is 9.38 Å². The van der Waals surface area contributed by atoms with Gasteiger partial charge in [0.25, 0.3) is 5.56 Å². The molecule has 0 aliphatic rings. The number of rotatable bonds is 4. The molecule has 7 nitrogen and oxygen atoms in total. The maximum atomic E-state index is 13.5. The third-order valence-electron chi connectivity index (χ3n) is 4.14. The lowest BCUT2D eigenvalue weighted by Crippen LogP contribution is -2.40. The van der Waals surface area contributed by atoms with Crippen LogP contribution < -0.4 is 10.3 Å². The fourth-order valence-corrected chi connectivity index (χ4v) is 2.70. The first-order valence-electron chi connectivity index (χ1n) is 7.88. The Hall–Kier alpha value is -3.13. The van der Waals surface area contributed by atoms with Gasteiger partial charge < -0.3 is 4.74 Å². The number of nitrogens with zero attached hydrogens (tertiary/aromatic N) is 5. The molecule has 164 valence electrons. The number of ether oxygens (including phenoxy) is 1. The van der Waals surface area contributed by atoms with Crippen molar-refractivity contribution in [3.63, 3.8) is 0 Å². The van der Waals surface area contributed by atoms with E-state index in [0.29, 0.717) is 12.4 Å². The van der Waals surface area contributed by atoms with Gasteiger partial charge in [-0.05, 0) is 0 Å². The summed E-state index contributed by atoms with van der Waals surface area (Å²) in [4.78, 5) is 16.2. The summed E-state index contributed by atoms with van der Waals surface area (Å²) in [7, 11) is 2.49. The Kier molecular flexibility index (Phi) is 4.82. The largest absolute Gasteiger partial charge is 0.481 e. The molecule has 0 amide bonds. The third-order valence-corrected chi connectivity index (χ3v) is 4.14. The Morgan fingerprint density at radius 3 is 2.23 bits per heavy atom. The van der Waals surface area contributed by atoms with Crippen molar-refractivity contribution in [1.82, 2.24) is 23.7 Å². The molecule has 0 saturated heterocycles. The van der Waals surface area contributed by atoms with Crippen molar-refractivity contribution in [3.05, 3.63) is 34.6 Å². The number of fused-ring (bicyclic) bond motifs is 1. The van der Waals surface area contributed by atoms with E-state index in [1.54, 1.807) is 0 Å². The number of hydrogen-bond acceptors (Lipinski definition) is 4. The topological polar surface area (TPSA) is 66.3 Å². The van der Waals surface area contributed by atoms with Crippen LogP contribution in [0.4, 0.5) is 35.1 Å². The van der Waals surface area contributed by atoms with E-state index in [9.17, 15) is 39.9 Å². The number of methoxy groups -OCH3 is 1. The van der Waals surface area contributed by atoms with E-state index in [2.05, 4.69) is 10.1 Å². The molecule has 3 aromatic rings. The van der Waals surface area contributed by atoms with Crippen LogP contribution in [0.2, 0.25) is 0 Å². The first-order chi connectivity index (χ1) is 13.7. The lowest BCUT2D eigenvalue weighted by Gasteiger charge is -2.19. The highest BCUT2D eigenvalue weighted by Gasteiger charge is 2.57. The number of aromatic nitrogens is 5. The minimum Gasteiger partial charge on any atom is -0.481 e. The van der Waals surface area contributed by atoms with Crippen molar-refractivity contribution in [2.75, 3.05) is 7.11 Å². The number of aryl methyl sites for hydroxylation is 1. The molecule has 0 aromatic carbocycles. The average molecular weight is 445 g/mol. The Morgan fingerprint density at radius 2 is 1.70 bits per heavy atom. The van der Waals surface area contributed by atoms with E-state index in [-0.39, 0.29) is 10.6 Å². The van der Waals surface area contributed by atoms with Crippen LogP contribution in [0.15, 0.2) is 23.4 Å². The van der Waals surface area contributed by atoms with Gasteiger partial charge in [-0.2, -0.15) is 40.2 Å². The SMILES string of the molecule is COc1cn2c(=O)c(-c3cnn(CC(F)(F)C(F)(F)F)c3)c(C(F)(F)F)nc2n1C. The van der Waals surface area contributed by atoms with Gasteiger partial charge >= 0.3 is 18.3 Å². The molecule has 3 rings (SSSR count). The summed E-state index contributed by atoms with van der Waals surface area (Å²) < 4.78 is 111.